The summed E-state index contributed by atoms with van der Waals surface area (Å²) in [5, 5.41) is 10.8. The highest BCUT2D eigenvalue weighted by molar-refractivity contribution is 5.59. The number of nitro benzene ring substituents is 1. The summed E-state index contributed by atoms with van der Waals surface area (Å²) < 4.78 is 5.03. The first-order valence-electron chi connectivity index (χ1n) is 5.45. The van der Waals surface area contributed by atoms with Crippen LogP contribution in [0.3, 0.4) is 0 Å². The molecule has 0 spiro atoms. The maximum absolute atomic E-state index is 10.8. The number of rotatable bonds is 3. The van der Waals surface area contributed by atoms with Crippen molar-refractivity contribution in [2.75, 3.05) is 25.1 Å². The number of benzene rings is 1. The summed E-state index contributed by atoms with van der Waals surface area (Å²) in [5.74, 6) is 0.285. The zero-order valence-electron chi connectivity index (χ0n) is 9.63. The normalized spacial score (nSPS) is 19.4. The van der Waals surface area contributed by atoms with Gasteiger partial charge in [0, 0.05) is 37.0 Å². The standard InChI is InChI=1S/C11H15N3O3/c1-17-11-6-9(2-3-10(11)14(15)16)13-5-4-8(12)7-13/h2-3,6,8H,4-5,7,12H2,1H3/t8-/m1/s1. The van der Waals surface area contributed by atoms with Gasteiger partial charge in [0.15, 0.2) is 5.75 Å². The van der Waals surface area contributed by atoms with Crippen molar-refractivity contribution in [2.24, 2.45) is 5.73 Å². The van der Waals surface area contributed by atoms with Crippen molar-refractivity contribution >= 4 is 11.4 Å². The summed E-state index contributed by atoms with van der Waals surface area (Å²) in [6.45, 7) is 1.66. The molecule has 1 aliphatic rings. The van der Waals surface area contributed by atoms with Crippen LogP contribution in [0.15, 0.2) is 18.2 Å². The first kappa shape index (κ1) is 11.7. The summed E-state index contributed by atoms with van der Waals surface area (Å²) in [6, 6.07) is 5.07. The molecule has 17 heavy (non-hydrogen) atoms. The lowest BCUT2D eigenvalue weighted by molar-refractivity contribution is -0.385. The first-order chi connectivity index (χ1) is 8.11. The van der Waals surface area contributed by atoms with Crippen LogP contribution < -0.4 is 15.4 Å². The summed E-state index contributed by atoms with van der Waals surface area (Å²) in [6.07, 6.45) is 0.944. The van der Waals surface area contributed by atoms with Gasteiger partial charge in [-0.25, -0.2) is 0 Å². The van der Waals surface area contributed by atoms with Crippen molar-refractivity contribution in [1.82, 2.24) is 0 Å². The smallest absolute Gasteiger partial charge is 0.311 e. The molecule has 1 aliphatic heterocycles. The molecule has 1 aromatic rings. The number of ether oxygens (including phenoxy) is 1. The monoisotopic (exact) mass is 237 g/mol. The molecule has 0 amide bonds. The Hall–Kier alpha value is -1.82. The van der Waals surface area contributed by atoms with Crippen LogP contribution in [0.25, 0.3) is 0 Å². The molecular weight excluding hydrogens is 222 g/mol. The molecule has 1 aromatic carbocycles. The van der Waals surface area contributed by atoms with Gasteiger partial charge in [0.25, 0.3) is 0 Å². The topological polar surface area (TPSA) is 81.6 Å². The molecule has 6 heteroatoms. The highest BCUT2D eigenvalue weighted by Gasteiger charge is 2.22. The van der Waals surface area contributed by atoms with Crippen molar-refractivity contribution in [3.8, 4) is 5.75 Å². The first-order valence-corrected chi connectivity index (χ1v) is 5.45. The Labute approximate surface area is 99.1 Å². The average Bonchev–Trinajstić information content (AvgIpc) is 2.75. The van der Waals surface area contributed by atoms with Gasteiger partial charge in [0.2, 0.25) is 0 Å². The predicted octanol–water partition coefficient (Wildman–Crippen LogP) is 1.14. The largest absolute Gasteiger partial charge is 0.490 e. The Balaban J connectivity index is 2.28. The Morgan fingerprint density at radius 1 is 1.59 bits per heavy atom. The van der Waals surface area contributed by atoms with E-state index in [0.717, 1.165) is 25.2 Å². The summed E-state index contributed by atoms with van der Waals surface area (Å²) in [4.78, 5) is 12.4. The van der Waals surface area contributed by atoms with E-state index in [1.807, 2.05) is 0 Å². The number of nitrogens with zero attached hydrogens (tertiary/aromatic N) is 2. The molecule has 0 radical (unpaired) electrons. The zero-order chi connectivity index (χ0) is 12.4. The van der Waals surface area contributed by atoms with Gasteiger partial charge in [-0.2, -0.15) is 0 Å². The lowest BCUT2D eigenvalue weighted by atomic mass is 10.2. The van der Waals surface area contributed by atoms with Crippen LogP contribution in [0.4, 0.5) is 11.4 Å². The van der Waals surface area contributed by atoms with E-state index in [1.54, 1.807) is 12.1 Å². The molecule has 1 fully saturated rings. The van der Waals surface area contributed by atoms with Gasteiger partial charge in [0.05, 0.1) is 12.0 Å². The predicted molar refractivity (Wildman–Crippen MR) is 64.5 cm³/mol. The number of hydrogen-bond acceptors (Lipinski definition) is 5. The van der Waals surface area contributed by atoms with Crippen molar-refractivity contribution < 1.29 is 9.66 Å². The van der Waals surface area contributed by atoms with Gasteiger partial charge in [-0.15, -0.1) is 0 Å². The number of nitrogens with two attached hydrogens (primary N) is 1. The fourth-order valence-electron chi connectivity index (χ4n) is 2.04. The van der Waals surface area contributed by atoms with Gasteiger partial charge < -0.3 is 15.4 Å². The van der Waals surface area contributed by atoms with Crippen LogP contribution in [-0.4, -0.2) is 31.2 Å². The molecular formula is C11H15N3O3. The SMILES string of the molecule is COc1cc(N2CC[C@@H](N)C2)ccc1[N+](=O)[O-]. The van der Waals surface area contributed by atoms with Crippen LogP contribution >= 0.6 is 0 Å². The average molecular weight is 237 g/mol. The molecule has 0 saturated carbocycles. The van der Waals surface area contributed by atoms with E-state index in [-0.39, 0.29) is 17.5 Å². The number of methoxy groups -OCH3 is 1. The minimum atomic E-state index is -0.446. The van der Waals surface area contributed by atoms with Crippen LogP contribution in [0, 0.1) is 10.1 Å². The van der Waals surface area contributed by atoms with E-state index >= 15 is 0 Å². The van der Waals surface area contributed by atoms with E-state index in [4.69, 9.17) is 10.5 Å². The Bertz CT molecular complexity index is 436. The maximum Gasteiger partial charge on any atom is 0.311 e. The second-order valence-electron chi connectivity index (χ2n) is 4.11. The van der Waals surface area contributed by atoms with Crippen LogP contribution in [0.1, 0.15) is 6.42 Å². The molecule has 0 bridgehead atoms. The molecule has 2 N–H and O–H groups in total. The number of anilines is 1. The van der Waals surface area contributed by atoms with Crippen LogP contribution in [0.2, 0.25) is 0 Å². The Morgan fingerprint density at radius 2 is 2.35 bits per heavy atom. The second-order valence-corrected chi connectivity index (χ2v) is 4.11. The molecule has 1 heterocycles. The summed E-state index contributed by atoms with van der Waals surface area (Å²) in [5.41, 5.74) is 6.73. The molecule has 2 rings (SSSR count). The minimum absolute atomic E-state index is 0.0141. The number of hydrogen-bond donors (Lipinski definition) is 1. The van der Waals surface area contributed by atoms with Gasteiger partial charge in [-0.1, -0.05) is 0 Å². The highest BCUT2D eigenvalue weighted by Crippen LogP contribution is 2.32. The molecule has 0 aromatic heterocycles. The Morgan fingerprint density at radius 3 is 2.88 bits per heavy atom. The highest BCUT2D eigenvalue weighted by atomic mass is 16.6. The van der Waals surface area contributed by atoms with E-state index in [0.29, 0.717) is 0 Å². The molecule has 1 atom stereocenters. The van der Waals surface area contributed by atoms with Crippen LogP contribution in [-0.2, 0) is 0 Å². The van der Waals surface area contributed by atoms with Crippen LogP contribution in [0.5, 0.6) is 5.75 Å². The minimum Gasteiger partial charge on any atom is -0.490 e. The molecule has 0 unspecified atom stereocenters. The van der Waals surface area contributed by atoms with Crippen molar-refractivity contribution in [2.45, 2.75) is 12.5 Å². The van der Waals surface area contributed by atoms with Gasteiger partial charge >= 0.3 is 5.69 Å². The maximum atomic E-state index is 10.8. The third-order valence-electron chi connectivity index (χ3n) is 2.95. The quantitative estimate of drug-likeness (QED) is 0.629. The summed E-state index contributed by atoms with van der Waals surface area (Å²) >= 11 is 0. The van der Waals surface area contributed by atoms with E-state index in [9.17, 15) is 10.1 Å². The Kier molecular flexibility index (Phi) is 3.14. The molecule has 0 aliphatic carbocycles. The van der Waals surface area contributed by atoms with Gasteiger partial charge in [-0.05, 0) is 12.5 Å². The lowest BCUT2D eigenvalue weighted by Crippen LogP contribution is -2.26. The van der Waals surface area contributed by atoms with Crippen molar-refractivity contribution in [3.63, 3.8) is 0 Å². The van der Waals surface area contributed by atoms with E-state index in [1.165, 1.54) is 13.2 Å². The molecule has 92 valence electrons. The molecule has 6 nitrogen and oxygen atoms in total. The third-order valence-corrected chi connectivity index (χ3v) is 2.95. The zero-order valence-corrected chi connectivity index (χ0v) is 9.63. The summed E-state index contributed by atoms with van der Waals surface area (Å²) in [7, 11) is 1.43. The lowest BCUT2D eigenvalue weighted by Gasteiger charge is -2.18. The van der Waals surface area contributed by atoms with Crippen molar-refractivity contribution in [3.05, 3.63) is 28.3 Å². The fraction of sp³-hybridized carbons (Fsp3) is 0.455. The van der Waals surface area contributed by atoms with Gasteiger partial charge in [-0.3, -0.25) is 10.1 Å². The van der Waals surface area contributed by atoms with Gasteiger partial charge in [0.1, 0.15) is 0 Å². The second kappa shape index (κ2) is 4.58. The number of nitro groups is 1. The molecule has 1 saturated heterocycles. The van der Waals surface area contributed by atoms with Crippen molar-refractivity contribution in [1.29, 1.82) is 0 Å². The fourth-order valence-corrected chi connectivity index (χ4v) is 2.04. The third kappa shape index (κ3) is 2.31. The van der Waals surface area contributed by atoms with E-state index < -0.39 is 4.92 Å². The van der Waals surface area contributed by atoms with E-state index in [2.05, 4.69) is 4.90 Å².